The van der Waals surface area contributed by atoms with Gasteiger partial charge in [0.05, 0.1) is 12.1 Å². The molecule has 3 N–H and O–H groups in total. The summed E-state index contributed by atoms with van der Waals surface area (Å²) in [4.78, 5) is 36.9. The minimum atomic E-state index is -5.08. The molecule has 224 valence electrons. The topological polar surface area (TPSA) is 147 Å². The van der Waals surface area contributed by atoms with Gasteiger partial charge in [0.2, 0.25) is 0 Å². The zero-order chi connectivity index (χ0) is 30.3. The van der Waals surface area contributed by atoms with Gasteiger partial charge in [0.15, 0.2) is 0 Å². The van der Waals surface area contributed by atoms with Crippen LogP contribution in [0.3, 0.4) is 0 Å². The fraction of sp³-hybridized carbons (Fsp3) is 0.591. The summed E-state index contributed by atoms with van der Waals surface area (Å²) in [6, 6.07) is 1.74. The van der Waals surface area contributed by atoms with E-state index in [1.807, 2.05) is 6.92 Å². The molecule has 2 saturated heterocycles. The van der Waals surface area contributed by atoms with Gasteiger partial charge in [-0.2, -0.15) is 31.4 Å². The lowest BCUT2D eigenvalue weighted by atomic mass is 9.79. The molecule has 1 atom stereocenters. The molecule has 2 aliphatic rings. The smallest absolute Gasteiger partial charge is 0.475 e. The number of hydrogen-bond donors (Lipinski definition) is 3. The Morgan fingerprint density at radius 3 is 2.17 bits per heavy atom. The molecule has 11 nitrogen and oxygen atoms in total. The second kappa shape index (κ2) is 13.4. The first-order chi connectivity index (χ1) is 18.4. The van der Waals surface area contributed by atoms with Gasteiger partial charge >= 0.3 is 24.3 Å². The molecule has 1 amide bonds. The molecule has 0 aromatic carbocycles. The van der Waals surface area contributed by atoms with E-state index in [4.69, 9.17) is 24.5 Å². The fourth-order valence-corrected chi connectivity index (χ4v) is 4.89. The molecule has 4 rings (SSSR count). The molecular weight excluding hydrogens is 576 g/mol. The van der Waals surface area contributed by atoms with E-state index in [2.05, 4.69) is 25.7 Å². The third kappa shape index (κ3) is 9.44. The number of carbonyl (C=O) groups excluding carboxylic acids is 1. The Bertz CT molecular complexity index is 1140. The van der Waals surface area contributed by atoms with Crippen LogP contribution in [-0.4, -0.2) is 91.9 Å². The first kappa shape index (κ1) is 33.0. The van der Waals surface area contributed by atoms with Crippen LogP contribution in [0.15, 0.2) is 17.6 Å². The average molecular weight is 604 g/mol. The molecule has 0 bridgehead atoms. The number of rotatable bonds is 6. The summed E-state index contributed by atoms with van der Waals surface area (Å²) < 4.78 is 71.2. The van der Waals surface area contributed by atoms with Crippen LogP contribution in [0, 0.1) is 12.8 Å². The van der Waals surface area contributed by atoms with E-state index >= 15 is 0 Å². The number of alkyl halides is 6. The van der Waals surface area contributed by atoms with Gasteiger partial charge in [-0.15, -0.1) is 11.3 Å². The highest BCUT2D eigenvalue weighted by Gasteiger charge is 2.52. The van der Waals surface area contributed by atoms with Gasteiger partial charge in [-0.3, -0.25) is 14.4 Å². The molecule has 1 spiro atoms. The highest BCUT2D eigenvalue weighted by Crippen LogP contribution is 2.42. The van der Waals surface area contributed by atoms with Crippen molar-refractivity contribution < 1.29 is 55.7 Å². The maximum absolute atomic E-state index is 12.2. The number of ether oxygens (including phenoxy) is 1. The molecule has 0 aliphatic carbocycles. The van der Waals surface area contributed by atoms with Crippen molar-refractivity contribution in [2.45, 2.75) is 44.3 Å². The Morgan fingerprint density at radius 1 is 1.15 bits per heavy atom. The van der Waals surface area contributed by atoms with Crippen LogP contribution < -0.4 is 5.32 Å². The summed E-state index contributed by atoms with van der Waals surface area (Å²) in [5.74, 6) is -5.07. The Labute approximate surface area is 227 Å². The minimum Gasteiger partial charge on any atom is -0.475 e. The number of aryl methyl sites for hydroxylation is 2. The molecular formula is C22H27F6N5O6S. The van der Waals surface area contributed by atoms with Crippen molar-refractivity contribution in [2.24, 2.45) is 13.0 Å². The second-order valence-corrected chi connectivity index (χ2v) is 9.86. The highest BCUT2D eigenvalue weighted by atomic mass is 32.1. The molecule has 2 aromatic rings. The average Bonchev–Trinajstić information content (AvgIpc) is 3.53. The zero-order valence-electron chi connectivity index (χ0n) is 21.3. The summed E-state index contributed by atoms with van der Waals surface area (Å²) in [6.07, 6.45) is -6.50. The van der Waals surface area contributed by atoms with E-state index in [1.165, 1.54) is 5.01 Å². The minimum absolute atomic E-state index is 0.0242. The monoisotopic (exact) mass is 603 g/mol. The van der Waals surface area contributed by atoms with E-state index in [0.717, 1.165) is 44.8 Å². The van der Waals surface area contributed by atoms with Crippen LogP contribution in [0.25, 0.3) is 0 Å². The van der Waals surface area contributed by atoms with Crippen molar-refractivity contribution in [3.05, 3.63) is 34.0 Å². The number of amides is 1. The van der Waals surface area contributed by atoms with Gasteiger partial charge in [0.1, 0.15) is 10.7 Å². The SMILES string of the molecule is Cc1csc(CN2CC3(C2)OCCC3CCNC(=O)c2ccnn2C)n1.O=C(O)C(F)(F)F.O=C(O)C(F)(F)F. The van der Waals surface area contributed by atoms with Crippen LogP contribution in [-0.2, 0) is 27.9 Å². The molecule has 2 fully saturated rings. The van der Waals surface area contributed by atoms with Crippen molar-refractivity contribution in [1.29, 1.82) is 0 Å². The summed E-state index contributed by atoms with van der Waals surface area (Å²) in [5.41, 5.74) is 1.67. The van der Waals surface area contributed by atoms with E-state index in [9.17, 15) is 31.1 Å². The maximum atomic E-state index is 12.2. The van der Waals surface area contributed by atoms with Gasteiger partial charge in [0, 0.05) is 50.6 Å². The molecule has 0 saturated carbocycles. The lowest BCUT2D eigenvalue weighted by molar-refractivity contribution is -0.193. The number of aromatic nitrogens is 3. The summed E-state index contributed by atoms with van der Waals surface area (Å²) in [5, 5.41) is 24.6. The number of nitrogens with one attached hydrogen (secondary N) is 1. The van der Waals surface area contributed by atoms with Gasteiger partial charge in [-0.1, -0.05) is 0 Å². The van der Waals surface area contributed by atoms with Crippen LogP contribution in [0.1, 0.15) is 34.0 Å². The van der Waals surface area contributed by atoms with Gasteiger partial charge < -0.3 is 20.3 Å². The van der Waals surface area contributed by atoms with Crippen molar-refractivity contribution in [2.75, 3.05) is 26.2 Å². The number of thiazole rings is 1. The van der Waals surface area contributed by atoms with E-state index < -0.39 is 24.3 Å². The molecule has 2 aliphatic heterocycles. The predicted molar refractivity (Wildman–Crippen MR) is 126 cm³/mol. The summed E-state index contributed by atoms with van der Waals surface area (Å²) in [6.45, 7) is 6.37. The molecule has 2 aromatic heterocycles. The Morgan fingerprint density at radius 2 is 1.73 bits per heavy atom. The number of carbonyl (C=O) groups is 3. The third-order valence-electron chi connectivity index (χ3n) is 5.92. The Kier molecular flexibility index (Phi) is 11.0. The van der Waals surface area contributed by atoms with E-state index in [0.29, 0.717) is 18.2 Å². The van der Waals surface area contributed by atoms with Crippen LogP contribution in [0.4, 0.5) is 26.3 Å². The first-order valence-electron chi connectivity index (χ1n) is 11.6. The maximum Gasteiger partial charge on any atom is 0.490 e. The van der Waals surface area contributed by atoms with Crippen molar-refractivity contribution in [3.63, 3.8) is 0 Å². The van der Waals surface area contributed by atoms with Crippen molar-refractivity contribution >= 4 is 29.2 Å². The molecule has 4 heterocycles. The summed E-state index contributed by atoms with van der Waals surface area (Å²) in [7, 11) is 1.78. The zero-order valence-corrected chi connectivity index (χ0v) is 22.1. The molecule has 1 unspecified atom stereocenters. The number of aliphatic carboxylic acids is 2. The molecule has 40 heavy (non-hydrogen) atoms. The number of nitrogens with zero attached hydrogens (tertiary/aromatic N) is 4. The number of carboxylic acids is 2. The lowest BCUT2D eigenvalue weighted by Gasteiger charge is -2.50. The van der Waals surface area contributed by atoms with Crippen LogP contribution in [0.2, 0.25) is 0 Å². The number of likely N-dealkylation sites (tertiary alicyclic amines) is 1. The number of carboxylic acid groups (broad SMARTS) is 2. The van der Waals surface area contributed by atoms with E-state index in [-0.39, 0.29) is 11.5 Å². The predicted octanol–water partition coefficient (Wildman–Crippen LogP) is 2.86. The summed E-state index contributed by atoms with van der Waals surface area (Å²) >= 11 is 1.73. The first-order valence-corrected chi connectivity index (χ1v) is 12.5. The number of hydrogen-bond acceptors (Lipinski definition) is 8. The lowest BCUT2D eigenvalue weighted by Crippen LogP contribution is -2.64. The largest absolute Gasteiger partial charge is 0.490 e. The standard InChI is InChI=1S/C18H25N5O2S.2C2HF3O2/c1-13-10-26-16(21-13)9-23-11-18(12-23)14(5-8-25-18)3-6-19-17(24)15-4-7-20-22(15)2;2*3-2(4,5)1(6)7/h4,7,10,14H,3,5-6,8-9,11-12H2,1-2H3,(H,19,24);2*(H,6,7). The molecule has 18 heteroatoms. The van der Waals surface area contributed by atoms with Crippen molar-refractivity contribution in [3.8, 4) is 0 Å². The molecule has 0 radical (unpaired) electrons. The Hall–Kier alpha value is -3.25. The van der Waals surface area contributed by atoms with Gasteiger partial charge in [0.25, 0.3) is 5.91 Å². The fourth-order valence-electron chi connectivity index (χ4n) is 4.08. The van der Waals surface area contributed by atoms with E-state index in [1.54, 1.807) is 35.3 Å². The second-order valence-electron chi connectivity index (χ2n) is 8.92. The van der Waals surface area contributed by atoms with Gasteiger partial charge in [-0.25, -0.2) is 14.6 Å². The van der Waals surface area contributed by atoms with Crippen LogP contribution in [0.5, 0.6) is 0 Å². The number of halogens is 6. The third-order valence-corrected chi connectivity index (χ3v) is 6.88. The quantitative estimate of drug-likeness (QED) is 0.424. The highest BCUT2D eigenvalue weighted by molar-refractivity contribution is 7.09. The van der Waals surface area contributed by atoms with Crippen molar-refractivity contribution in [1.82, 2.24) is 25.0 Å². The normalized spacial score (nSPS) is 18.1. The Balaban J connectivity index is 0.000000333. The van der Waals surface area contributed by atoms with Crippen LogP contribution >= 0.6 is 11.3 Å². The van der Waals surface area contributed by atoms with Gasteiger partial charge in [-0.05, 0) is 31.7 Å².